The van der Waals surface area contributed by atoms with Crippen LogP contribution in [0.15, 0.2) is 36.4 Å². The molecule has 1 aromatic carbocycles. The first-order valence-corrected chi connectivity index (χ1v) is 6.19. The number of amides is 1. The topological polar surface area (TPSA) is 64.1 Å². The summed E-state index contributed by atoms with van der Waals surface area (Å²) in [5.74, 6) is -0.410. The van der Waals surface area contributed by atoms with Gasteiger partial charge in [0.25, 0.3) is 5.91 Å². The van der Waals surface area contributed by atoms with Gasteiger partial charge in [-0.3, -0.25) is 4.79 Å². The van der Waals surface area contributed by atoms with Gasteiger partial charge in [-0.25, -0.2) is 4.39 Å². The van der Waals surface area contributed by atoms with Gasteiger partial charge in [0, 0.05) is 18.2 Å². The highest BCUT2D eigenvalue weighted by atomic mass is 19.1. The summed E-state index contributed by atoms with van der Waals surface area (Å²) < 4.78 is 18.5. The number of carbonyl (C=O) groups excluding carboxylic acids is 1. The Balaban J connectivity index is 1.96. The zero-order valence-electron chi connectivity index (χ0n) is 11.0. The summed E-state index contributed by atoms with van der Waals surface area (Å²) in [6.07, 6.45) is 0. The van der Waals surface area contributed by atoms with Crippen LogP contribution in [0.2, 0.25) is 0 Å². The molecule has 5 nitrogen and oxygen atoms in total. The lowest BCUT2D eigenvalue weighted by Crippen LogP contribution is -2.24. The number of ether oxygens (including phenoxy) is 1. The zero-order chi connectivity index (χ0) is 14.4. The van der Waals surface area contributed by atoms with Gasteiger partial charge in [0.15, 0.2) is 5.69 Å². The van der Waals surface area contributed by atoms with E-state index < -0.39 is 5.91 Å². The minimum Gasteiger partial charge on any atom is -0.477 e. The average molecular weight is 275 g/mol. The van der Waals surface area contributed by atoms with Crippen LogP contribution in [0.3, 0.4) is 0 Å². The molecule has 0 radical (unpaired) electrons. The zero-order valence-corrected chi connectivity index (χ0v) is 11.0. The third-order valence-corrected chi connectivity index (χ3v) is 2.56. The Morgan fingerprint density at radius 1 is 1.25 bits per heavy atom. The predicted octanol–water partition coefficient (Wildman–Crippen LogP) is 1.94. The highest BCUT2D eigenvalue weighted by Crippen LogP contribution is 2.07. The van der Waals surface area contributed by atoms with Crippen molar-refractivity contribution in [2.75, 3.05) is 6.61 Å². The molecule has 0 aliphatic rings. The fourth-order valence-electron chi connectivity index (χ4n) is 1.57. The van der Waals surface area contributed by atoms with E-state index in [9.17, 15) is 9.18 Å². The molecule has 1 aromatic heterocycles. The Labute approximate surface area is 115 Å². The number of hydrogen-bond acceptors (Lipinski definition) is 4. The van der Waals surface area contributed by atoms with Crippen molar-refractivity contribution in [1.29, 1.82) is 0 Å². The largest absolute Gasteiger partial charge is 0.477 e. The number of carbonyl (C=O) groups is 1. The molecule has 2 rings (SSSR count). The van der Waals surface area contributed by atoms with E-state index in [2.05, 4.69) is 15.5 Å². The van der Waals surface area contributed by atoms with Gasteiger partial charge < -0.3 is 10.1 Å². The van der Waals surface area contributed by atoms with Gasteiger partial charge in [0.05, 0.1) is 6.61 Å². The van der Waals surface area contributed by atoms with E-state index in [1.807, 2.05) is 6.92 Å². The third kappa shape index (κ3) is 3.50. The lowest BCUT2D eigenvalue weighted by Gasteiger charge is -2.06. The molecule has 104 valence electrons. The highest BCUT2D eigenvalue weighted by molar-refractivity contribution is 5.92. The average Bonchev–Trinajstić information content (AvgIpc) is 2.47. The molecule has 0 aliphatic carbocycles. The second-order valence-electron chi connectivity index (χ2n) is 3.96. The summed E-state index contributed by atoms with van der Waals surface area (Å²) in [5.41, 5.74) is 0.574. The van der Waals surface area contributed by atoms with Gasteiger partial charge in [-0.15, -0.1) is 10.2 Å². The lowest BCUT2D eigenvalue weighted by molar-refractivity contribution is 0.0944. The van der Waals surface area contributed by atoms with E-state index in [4.69, 9.17) is 4.74 Å². The Hall–Kier alpha value is -2.50. The Morgan fingerprint density at radius 2 is 2.05 bits per heavy atom. The van der Waals surface area contributed by atoms with Crippen LogP contribution in [0.1, 0.15) is 23.0 Å². The van der Waals surface area contributed by atoms with E-state index in [-0.39, 0.29) is 18.1 Å². The molecule has 0 saturated heterocycles. The first-order chi connectivity index (χ1) is 9.70. The second kappa shape index (κ2) is 6.60. The van der Waals surface area contributed by atoms with Crippen LogP contribution >= 0.6 is 0 Å². The lowest BCUT2D eigenvalue weighted by atomic mass is 10.2. The van der Waals surface area contributed by atoms with Crippen molar-refractivity contribution in [1.82, 2.24) is 15.5 Å². The molecule has 0 atom stereocenters. The number of benzene rings is 1. The fourth-order valence-corrected chi connectivity index (χ4v) is 1.57. The fraction of sp³-hybridized carbons (Fsp3) is 0.214. The van der Waals surface area contributed by atoms with Crippen molar-refractivity contribution in [3.63, 3.8) is 0 Å². The van der Waals surface area contributed by atoms with E-state index in [1.165, 1.54) is 12.1 Å². The van der Waals surface area contributed by atoms with E-state index in [1.54, 1.807) is 24.3 Å². The maximum absolute atomic E-state index is 13.4. The van der Waals surface area contributed by atoms with E-state index >= 15 is 0 Å². The quantitative estimate of drug-likeness (QED) is 0.905. The Morgan fingerprint density at radius 3 is 2.70 bits per heavy atom. The molecule has 1 amide bonds. The summed E-state index contributed by atoms with van der Waals surface area (Å²) in [5, 5.41) is 10.1. The summed E-state index contributed by atoms with van der Waals surface area (Å²) in [7, 11) is 0. The molecule has 1 N–H and O–H groups in total. The summed E-state index contributed by atoms with van der Waals surface area (Å²) in [4.78, 5) is 11.8. The standard InChI is InChI=1S/C14H14FN3O2/c1-2-20-13-8-7-12(17-18-13)14(19)16-9-10-5-3-4-6-11(10)15/h3-8H,2,9H2,1H3,(H,16,19). The molecule has 2 aromatic rings. The normalized spacial score (nSPS) is 10.1. The molecule has 0 fully saturated rings. The number of aromatic nitrogens is 2. The van der Waals surface area contributed by atoms with Crippen molar-refractivity contribution in [3.8, 4) is 5.88 Å². The number of rotatable bonds is 5. The molecule has 6 heteroatoms. The van der Waals surface area contributed by atoms with Crippen molar-refractivity contribution >= 4 is 5.91 Å². The maximum atomic E-state index is 13.4. The van der Waals surface area contributed by atoms with E-state index in [0.717, 1.165) is 0 Å². The molecular formula is C14H14FN3O2. The third-order valence-electron chi connectivity index (χ3n) is 2.56. The highest BCUT2D eigenvalue weighted by Gasteiger charge is 2.09. The molecule has 1 heterocycles. The van der Waals surface area contributed by atoms with Gasteiger partial charge in [0.2, 0.25) is 5.88 Å². The molecular weight excluding hydrogens is 261 g/mol. The van der Waals surface area contributed by atoms with E-state index in [0.29, 0.717) is 18.1 Å². The first-order valence-electron chi connectivity index (χ1n) is 6.19. The van der Waals surface area contributed by atoms with Crippen molar-refractivity contribution in [2.24, 2.45) is 0 Å². The van der Waals surface area contributed by atoms with Crippen LogP contribution in [0.5, 0.6) is 5.88 Å². The minimum atomic E-state index is -0.413. The van der Waals surface area contributed by atoms with Crippen molar-refractivity contribution in [3.05, 3.63) is 53.5 Å². The monoisotopic (exact) mass is 275 g/mol. The van der Waals surface area contributed by atoms with Gasteiger partial charge >= 0.3 is 0 Å². The van der Waals surface area contributed by atoms with Crippen molar-refractivity contribution < 1.29 is 13.9 Å². The van der Waals surface area contributed by atoms with Gasteiger partial charge in [0.1, 0.15) is 5.82 Å². The van der Waals surface area contributed by atoms with Gasteiger partial charge in [-0.1, -0.05) is 18.2 Å². The van der Waals surface area contributed by atoms with Crippen LogP contribution in [0.25, 0.3) is 0 Å². The van der Waals surface area contributed by atoms with Gasteiger partial charge in [-0.05, 0) is 19.1 Å². The molecule has 0 aliphatic heterocycles. The molecule has 20 heavy (non-hydrogen) atoms. The molecule has 0 spiro atoms. The smallest absolute Gasteiger partial charge is 0.272 e. The van der Waals surface area contributed by atoms with Crippen LogP contribution < -0.4 is 10.1 Å². The van der Waals surface area contributed by atoms with Gasteiger partial charge in [-0.2, -0.15) is 0 Å². The maximum Gasteiger partial charge on any atom is 0.272 e. The van der Waals surface area contributed by atoms with Crippen molar-refractivity contribution in [2.45, 2.75) is 13.5 Å². The SMILES string of the molecule is CCOc1ccc(C(=O)NCc2ccccc2F)nn1. The molecule has 0 unspecified atom stereocenters. The molecule has 0 bridgehead atoms. The number of nitrogens with one attached hydrogen (secondary N) is 1. The summed E-state index contributed by atoms with van der Waals surface area (Å²) in [6.45, 7) is 2.41. The molecule has 0 saturated carbocycles. The Bertz CT molecular complexity index is 587. The van der Waals surface area contributed by atoms with Crippen LogP contribution in [0, 0.1) is 5.82 Å². The summed E-state index contributed by atoms with van der Waals surface area (Å²) >= 11 is 0. The van der Waals surface area contributed by atoms with Crippen LogP contribution in [-0.2, 0) is 6.54 Å². The minimum absolute atomic E-state index is 0.0976. The Kier molecular flexibility index (Phi) is 4.60. The second-order valence-corrected chi connectivity index (χ2v) is 3.96. The summed E-state index contributed by atoms with van der Waals surface area (Å²) in [6, 6.07) is 9.33. The first kappa shape index (κ1) is 13.9. The predicted molar refractivity (Wildman–Crippen MR) is 70.8 cm³/mol. The number of halogens is 1. The van der Waals surface area contributed by atoms with Crippen LogP contribution in [-0.4, -0.2) is 22.7 Å². The number of nitrogens with zero attached hydrogens (tertiary/aromatic N) is 2. The number of hydrogen-bond donors (Lipinski definition) is 1. The van der Waals surface area contributed by atoms with Crippen LogP contribution in [0.4, 0.5) is 4.39 Å².